The Labute approximate surface area is 219 Å². The third-order valence-corrected chi connectivity index (χ3v) is 5.99. The van der Waals surface area contributed by atoms with E-state index < -0.39 is 42.2 Å². The van der Waals surface area contributed by atoms with E-state index in [9.17, 15) is 33.6 Å². The van der Waals surface area contributed by atoms with Gasteiger partial charge >= 0.3 is 0 Å². The van der Waals surface area contributed by atoms with Crippen LogP contribution in [0, 0.1) is 0 Å². The highest BCUT2D eigenvalue weighted by Gasteiger charge is 2.46. The van der Waals surface area contributed by atoms with Crippen molar-refractivity contribution in [1.29, 1.82) is 0 Å². The molecule has 2 heterocycles. The molecule has 0 spiro atoms. The maximum absolute atomic E-state index is 13.0. The number of carbonyl (C=O) groups excluding carboxylic acids is 7. The highest BCUT2D eigenvalue weighted by atomic mass is 16.5. The molecule has 204 valence electrons. The first kappa shape index (κ1) is 28.3. The number of piperidine rings is 1. The van der Waals surface area contributed by atoms with Crippen molar-refractivity contribution in [2.45, 2.75) is 51.5 Å². The Morgan fingerprint density at radius 2 is 1.61 bits per heavy atom. The van der Waals surface area contributed by atoms with Crippen LogP contribution in [0.2, 0.25) is 0 Å². The van der Waals surface area contributed by atoms with Crippen molar-refractivity contribution in [3.63, 3.8) is 0 Å². The normalized spacial score (nSPS) is 16.6. The quantitative estimate of drug-likeness (QED) is 0.193. The van der Waals surface area contributed by atoms with Gasteiger partial charge in [-0.1, -0.05) is 6.07 Å². The topological polar surface area (TPSA) is 180 Å². The van der Waals surface area contributed by atoms with Crippen LogP contribution in [-0.4, -0.2) is 78.5 Å². The standard InChI is InChI=1S/C25H31N5O8/c1-2-26-18(31)10-11-19(32)27-12-3-4-13-28-21(34)14-38-17-7-5-6-15-22(17)25(37)30(24(15)36)16-8-9-20(33)29-23(16)35/h5-7,16H,2-4,8-14H2,1H3,(H,26,31)(H,27,32)(H,28,34)(H,29,33,35). The van der Waals surface area contributed by atoms with Gasteiger partial charge in [0.2, 0.25) is 23.6 Å². The number of imide groups is 2. The van der Waals surface area contributed by atoms with Crippen LogP contribution < -0.4 is 26.0 Å². The number of nitrogens with one attached hydrogen (secondary N) is 4. The van der Waals surface area contributed by atoms with Crippen molar-refractivity contribution < 1.29 is 38.3 Å². The summed E-state index contributed by atoms with van der Waals surface area (Å²) in [6.07, 6.45) is 1.51. The molecule has 1 aromatic rings. The van der Waals surface area contributed by atoms with E-state index in [4.69, 9.17) is 4.74 Å². The van der Waals surface area contributed by atoms with Crippen LogP contribution in [0.3, 0.4) is 0 Å². The minimum Gasteiger partial charge on any atom is -0.483 e. The van der Waals surface area contributed by atoms with E-state index >= 15 is 0 Å². The molecular weight excluding hydrogens is 498 g/mol. The van der Waals surface area contributed by atoms with E-state index in [-0.39, 0.29) is 54.4 Å². The Morgan fingerprint density at radius 3 is 2.26 bits per heavy atom. The molecule has 1 unspecified atom stereocenters. The summed E-state index contributed by atoms with van der Waals surface area (Å²) in [7, 11) is 0. The number of fused-ring (bicyclic) bond motifs is 1. The van der Waals surface area contributed by atoms with Gasteiger partial charge in [0.1, 0.15) is 11.8 Å². The summed E-state index contributed by atoms with van der Waals surface area (Å²) in [5.41, 5.74) is 0.0311. The average molecular weight is 530 g/mol. The predicted octanol–water partition coefficient (Wildman–Crippen LogP) is -0.604. The molecule has 0 aliphatic carbocycles. The first-order chi connectivity index (χ1) is 18.2. The minimum atomic E-state index is -1.10. The molecule has 0 saturated carbocycles. The lowest BCUT2D eigenvalue weighted by Crippen LogP contribution is -2.54. The molecule has 1 saturated heterocycles. The van der Waals surface area contributed by atoms with Gasteiger partial charge in [-0.15, -0.1) is 0 Å². The van der Waals surface area contributed by atoms with Crippen molar-refractivity contribution in [2.24, 2.45) is 0 Å². The highest BCUT2D eigenvalue weighted by molar-refractivity contribution is 6.24. The largest absolute Gasteiger partial charge is 0.483 e. The van der Waals surface area contributed by atoms with E-state index in [1.165, 1.54) is 18.2 Å². The number of nitrogens with zero attached hydrogens (tertiary/aromatic N) is 1. The summed E-state index contributed by atoms with van der Waals surface area (Å²) in [6, 6.07) is 3.31. The van der Waals surface area contributed by atoms with Crippen LogP contribution in [0.4, 0.5) is 0 Å². The van der Waals surface area contributed by atoms with E-state index in [2.05, 4.69) is 21.3 Å². The number of benzene rings is 1. The van der Waals surface area contributed by atoms with Gasteiger partial charge in [0.15, 0.2) is 6.61 Å². The summed E-state index contributed by atoms with van der Waals surface area (Å²) >= 11 is 0. The Morgan fingerprint density at radius 1 is 0.947 bits per heavy atom. The SMILES string of the molecule is CCNC(=O)CCC(=O)NCCCCNC(=O)COc1cccc2c1C(=O)N(C1CCC(=O)NC1=O)C2=O. The monoisotopic (exact) mass is 529 g/mol. The lowest BCUT2D eigenvalue weighted by molar-refractivity contribution is -0.136. The Balaban J connectivity index is 1.41. The van der Waals surface area contributed by atoms with Gasteiger partial charge in [-0.3, -0.25) is 43.8 Å². The van der Waals surface area contributed by atoms with Crippen molar-refractivity contribution >= 4 is 41.4 Å². The van der Waals surface area contributed by atoms with E-state index in [0.29, 0.717) is 32.5 Å². The van der Waals surface area contributed by atoms with Gasteiger partial charge in [0, 0.05) is 38.9 Å². The van der Waals surface area contributed by atoms with Crippen molar-refractivity contribution in [2.75, 3.05) is 26.2 Å². The van der Waals surface area contributed by atoms with Crippen LogP contribution in [0.25, 0.3) is 0 Å². The van der Waals surface area contributed by atoms with E-state index in [1.54, 1.807) is 6.92 Å². The smallest absolute Gasteiger partial charge is 0.266 e. The molecule has 1 aromatic carbocycles. The molecule has 0 bridgehead atoms. The first-order valence-corrected chi connectivity index (χ1v) is 12.5. The second-order valence-corrected chi connectivity index (χ2v) is 8.78. The van der Waals surface area contributed by atoms with Crippen LogP contribution in [-0.2, 0) is 24.0 Å². The summed E-state index contributed by atoms with van der Waals surface area (Å²) in [5, 5.41) is 10.2. The molecule has 38 heavy (non-hydrogen) atoms. The molecule has 4 N–H and O–H groups in total. The van der Waals surface area contributed by atoms with Gasteiger partial charge in [0.25, 0.3) is 17.7 Å². The molecule has 7 amide bonds. The zero-order chi connectivity index (χ0) is 27.7. The molecule has 2 aliphatic heterocycles. The second kappa shape index (κ2) is 13.3. The number of carbonyl (C=O) groups is 7. The second-order valence-electron chi connectivity index (χ2n) is 8.78. The Hall–Kier alpha value is -4.29. The van der Waals surface area contributed by atoms with Gasteiger partial charge < -0.3 is 20.7 Å². The third kappa shape index (κ3) is 7.14. The molecule has 13 nitrogen and oxygen atoms in total. The number of hydrogen-bond acceptors (Lipinski definition) is 8. The van der Waals surface area contributed by atoms with Gasteiger partial charge in [-0.2, -0.15) is 0 Å². The molecule has 0 aromatic heterocycles. The molecule has 1 atom stereocenters. The predicted molar refractivity (Wildman–Crippen MR) is 132 cm³/mol. The molecule has 2 aliphatic rings. The zero-order valence-electron chi connectivity index (χ0n) is 21.1. The molecule has 0 radical (unpaired) electrons. The highest BCUT2D eigenvalue weighted by Crippen LogP contribution is 2.33. The van der Waals surface area contributed by atoms with Gasteiger partial charge in [-0.25, -0.2) is 0 Å². The zero-order valence-corrected chi connectivity index (χ0v) is 21.1. The van der Waals surface area contributed by atoms with Crippen molar-refractivity contribution in [3.05, 3.63) is 29.3 Å². The molecule has 1 fully saturated rings. The van der Waals surface area contributed by atoms with Crippen LogP contribution in [0.1, 0.15) is 66.2 Å². The summed E-state index contributed by atoms with van der Waals surface area (Å²) < 4.78 is 5.53. The van der Waals surface area contributed by atoms with Crippen LogP contribution in [0.5, 0.6) is 5.75 Å². The fourth-order valence-corrected chi connectivity index (χ4v) is 4.11. The van der Waals surface area contributed by atoms with Crippen LogP contribution >= 0.6 is 0 Å². The first-order valence-electron chi connectivity index (χ1n) is 12.5. The molecule has 3 rings (SSSR count). The van der Waals surface area contributed by atoms with Crippen LogP contribution in [0.15, 0.2) is 18.2 Å². The number of unbranched alkanes of at least 4 members (excludes halogenated alkanes) is 1. The minimum absolute atomic E-state index is 0.0114. The maximum atomic E-state index is 13.0. The number of rotatable bonds is 13. The number of hydrogen-bond donors (Lipinski definition) is 4. The lowest BCUT2D eigenvalue weighted by Gasteiger charge is -2.27. The fourth-order valence-electron chi connectivity index (χ4n) is 4.11. The van der Waals surface area contributed by atoms with Gasteiger partial charge in [0.05, 0.1) is 11.1 Å². The Kier molecular flexibility index (Phi) is 9.91. The van der Waals surface area contributed by atoms with E-state index in [0.717, 1.165) is 4.90 Å². The van der Waals surface area contributed by atoms with E-state index in [1.807, 2.05) is 0 Å². The number of ether oxygens (including phenoxy) is 1. The molecule has 13 heteroatoms. The lowest BCUT2D eigenvalue weighted by atomic mass is 10.0. The summed E-state index contributed by atoms with van der Waals surface area (Å²) in [5.74, 6) is -3.33. The Bertz CT molecular complexity index is 1130. The van der Waals surface area contributed by atoms with Crippen molar-refractivity contribution in [3.8, 4) is 5.75 Å². The average Bonchev–Trinajstić information content (AvgIpc) is 3.14. The summed E-state index contributed by atoms with van der Waals surface area (Å²) in [4.78, 5) is 85.6. The van der Waals surface area contributed by atoms with Crippen molar-refractivity contribution in [1.82, 2.24) is 26.2 Å². The summed E-state index contributed by atoms with van der Waals surface area (Å²) in [6.45, 7) is 2.68. The third-order valence-electron chi connectivity index (χ3n) is 5.99. The number of amides is 7. The fraction of sp³-hybridized carbons (Fsp3) is 0.480. The van der Waals surface area contributed by atoms with Gasteiger partial charge in [-0.05, 0) is 38.3 Å². The maximum Gasteiger partial charge on any atom is 0.266 e. The molecular formula is C25H31N5O8.